The van der Waals surface area contributed by atoms with Crippen LogP contribution in [0.4, 0.5) is 5.69 Å². The molecule has 0 saturated carbocycles. The van der Waals surface area contributed by atoms with Gasteiger partial charge in [0.05, 0.1) is 0 Å². The molecule has 1 aliphatic heterocycles. The van der Waals surface area contributed by atoms with Gasteiger partial charge in [-0.1, -0.05) is 55.0 Å². The summed E-state index contributed by atoms with van der Waals surface area (Å²) in [4.78, 5) is 0. The van der Waals surface area contributed by atoms with Crippen LogP contribution in [0.15, 0.2) is 60.2 Å². The maximum absolute atomic E-state index is 3.74. The fourth-order valence-electron chi connectivity index (χ4n) is 5.29. The van der Waals surface area contributed by atoms with Crippen molar-refractivity contribution >= 4 is 42.8 Å². The Hall–Kier alpha value is -2.58. The van der Waals surface area contributed by atoms with Gasteiger partial charge in [-0.15, -0.1) is 11.3 Å². The molecule has 138 valence electrons. The highest BCUT2D eigenvalue weighted by atomic mass is 32.1. The van der Waals surface area contributed by atoms with Crippen LogP contribution >= 0.6 is 11.3 Å². The van der Waals surface area contributed by atoms with Gasteiger partial charge in [0, 0.05) is 43.4 Å². The zero-order chi connectivity index (χ0) is 19.0. The molecule has 6 rings (SSSR count). The highest BCUT2D eigenvalue weighted by Gasteiger charge is 2.32. The molecular weight excluding hydrogens is 358 g/mol. The van der Waals surface area contributed by atoms with E-state index in [1.54, 1.807) is 0 Å². The first-order valence-electron chi connectivity index (χ1n) is 10.2. The van der Waals surface area contributed by atoms with E-state index in [2.05, 4.69) is 80.7 Å². The average molecular weight is 382 g/mol. The van der Waals surface area contributed by atoms with Crippen LogP contribution < -0.4 is 5.32 Å². The van der Waals surface area contributed by atoms with Gasteiger partial charge in [0.25, 0.3) is 0 Å². The molecule has 2 heteroatoms. The Morgan fingerprint density at radius 1 is 0.893 bits per heavy atom. The summed E-state index contributed by atoms with van der Waals surface area (Å²) in [6.07, 6.45) is 1.12. The molecule has 0 bridgehead atoms. The lowest BCUT2D eigenvalue weighted by Crippen LogP contribution is -2.09. The molecule has 4 aromatic rings. The normalized spacial score (nSPS) is 20.7. The highest BCUT2D eigenvalue weighted by Crippen LogP contribution is 2.52. The van der Waals surface area contributed by atoms with Crippen LogP contribution in [-0.4, -0.2) is 6.04 Å². The van der Waals surface area contributed by atoms with Gasteiger partial charge in [-0.3, -0.25) is 0 Å². The smallest absolute Gasteiger partial charge is 0.0455 e. The van der Waals surface area contributed by atoms with E-state index in [-0.39, 0.29) is 0 Å². The Balaban J connectivity index is 1.66. The third kappa shape index (κ3) is 2.07. The number of allylic oxidation sites excluding steroid dienone is 1. The molecule has 2 atom stereocenters. The van der Waals surface area contributed by atoms with E-state index in [1.165, 1.54) is 59.3 Å². The summed E-state index contributed by atoms with van der Waals surface area (Å²) in [7, 11) is 0. The minimum Gasteiger partial charge on any atom is -0.382 e. The minimum atomic E-state index is 0.446. The summed E-state index contributed by atoms with van der Waals surface area (Å²) in [5, 5.41) is 6.61. The van der Waals surface area contributed by atoms with Crippen molar-refractivity contribution in [2.24, 2.45) is 0 Å². The van der Waals surface area contributed by atoms with Gasteiger partial charge in [-0.2, -0.15) is 0 Å². The molecule has 0 saturated heterocycles. The minimum absolute atomic E-state index is 0.446. The zero-order valence-corrected chi connectivity index (χ0v) is 17.3. The molecule has 28 heavy (non-hydrogen) atoms. The number of hydrogen-bond donors (Lipinski definition) is 1. The van der Waals surface area contributed by atoms with Gasteiger partial charge in [0.2, 0.25) is 0 Å². The number of rotatable bonds is 1. The summed E-state index contributed by atoms with van der Waals surface area (Å²) in [5.74, 6) is 0.446. The van der Waals surface area contributed by atoms with E-state index in [0.29, 0.717) is 12.0 Å². The van der Waals surface area contributed by atoms with Gasteiger partial charge in [-0.25, -0.2) is 0 Å². The predicted molar refractivity (Wildman–Crippen MR) is 123 cm³/mol. The second-order valence-electron chi connectivity index (χ2n) is 8.37. The largest absolute Gasteiger partial charge is 0.382 e. The maximum Gasteiger partial charge on any atom is 0.0455 e. The molecule has 2 unspecified atom stereocenters. The van der Waals surface area contributed by atoms with Crippen LogP contribution in [-0.2, 0) is 6.42 Å². The number of fused-ring (bicyclic) bond motifs is 6. The van der Waals surface area contributed by atoms with E-state index < -0.39 is 0 Å². The van der Waals surface area contributed by atoms with Crippen LogP contribution in [0.5, 0.6) is 0 Å². The van der Waals surface area contributed by atoms with Gasteiger partial charge >= 0.3 is 0 Å². The first-order chi connectivity index (χ1) is 13.6. The Labute approximate surface area is 169 Å². The van der Waals surface area contributed by atoms with Crippen molar-refractivity contribution in [1.82, 2.24) is 0 Å². The summed E-state index contributed by atoms with van der Waals surface area (Å²) in [5.41, 5.74) is 10.1. The second kappa shape index (κ2) is 5.71. The Morgan fingerprint density at radius 3 is 2.64 bits per heavy atom. The van der Waals surface area contributed by atoms with Crippen LogP contribution in [0.1, 0.15) is 48.9 Å². The summed E-state index contributed by atoms with van der Waals surface area (Å²) in [6, 6.07) is 20.9. The highest BCUT2D eigenvalue weighted by molar-refractivity contribution is 7.25. The van der Waals surface area contributed by atoms with Gasteiger partial charge in [0.1, 0.15) is 0 Å². The van der Waals surface area contributed by atoms with Crippen LogP contribution in [0.25, 0.3) is 25.7 Å². The molecule has 0 fully saturated rings. The standard InChI is InChI=1S/C26H23NS/c1-14-13-17-7-6-9-20(26(17)27-14)23-15(2)16(3)24-19(23)11-12-22-25(24)18-8-4-5-10-21(18)28-22/h4-12,14,16,27H,13H2,1-3H3. The summed E-state index contributed by atoms with van der Waals surface area (Å²) < 4.78 is 2.80. The van der Waals surface area contributed by atoms with Crippen molar-refractivity contribution < 1.29 is 0 Å². The van der Waals surface area contributed by atoms with Gasteiger partial charge in [-0.05, 0) is 54.7 Å². The van der Waals surface area contributed by atoms with E-state index in [4.69, 9.17) is 0 Å². The lowest BCUT2D eigenvalue weighted by atomic mass is 9.93. The number of para-hydroxylation sites is 1. The molecule has 0 radical (unpaired) electrons. The van der Waals surface area contributed by atoms with Crippen LogP contribution in [0.3, 0.4) is 0 Å². The maximum atomic E-state index is 3.74. The van der Waals surface area contributed by atoms with Gasteiger partial charge in [0.15, 0.2) is 0 Å². The van der Waals surface area contributed by atoms with Crippen molar-refractivity contribution in [2.75, 3.05) is 5.32 Å². The number of anilines is 1. The predicted octanol–water partition coefficient (Wildman–Crippen LogP) is 7.35. The molecule has 0 spiro atoms. The van der Waals surface area contributed by atoms with Crippen LogP contribution in [0.2, 0.25) is 0 Å². The Kier molecular flexibility index (Phi) is 3.34. The van der Waals surface area contributed by atoms with Crippen molar-refractivity contribution in [3.63, 3.8) is 0 Å². The Morgan fingerprint density at radius 2 is 1.75 bits per heavy atom. The quantitative estimate of drug-likeness (QED) is 0.363. The molecule has 0 amide bonds. The number of nitrogens with one attached hydrogen (secondary N) is 1. The number of benzene rings is 3. The SMILES string of the molecule is CC1=C(c2cccc3c2NC(C)C3)c2ccc3sc4ccccc4c3c2C1C. The molecule has 3 aromatic carbocycles. The van der Waals surface area contributed by atoms with Crippen LogP contribution in [0, 0.1) is 0 Å². The van der Waals surface area contributed by atoms with E-state index in [9.17, 15) is 0 Å². The van der Waals surface area contributed by atoms with E-state index >= 15 is 0 Å². The third-order valence-electron chi connectivity index (χ3n) is 6.67. The third-order valence-corrected chi connectivity index (χ3v) is 7.80. The fourth-order valence-corrected chi connectivity index (χ4v) is 6.41. The molecule has 1 aliphatic carbocycles. The number of hydrogen-bond acceptors (Lipinski definition) is 2. The molecule has 1 nitrogen and oxygen atoms in total. The second-order valence-corrected chi connectivity index (χ2v) is 9.45. The van der Waals surface area contributed by atoms with E-state index in [1.807, 2.05) is 11.3 Å². The number of thiophene rings is 1. The molecule has 1 N–H and O–H groups in total. The van der Waals surface area contributed by atoms with Crippen molar-refractivity contribution in [3.05, 3.63) is 82.4 Å². The molecule has 2 heterocycles. The summed E-state index contributed by atoms with van der Waals surface area (Å²) in [6.45, 7) is 6.99. The van der Waals surface area contributed by atoms with Gasteiger partial charge < -0.3 is 5.32 Å². The zero-order valence-electron chi connectivity index (χ0n) is 16.5. The lowest BCUT2D eigenvalue weighted by Gasteiger charge is -2.14. The average Bonchev–Trinajstić information content (AvgIpc) is 3.33. The topological polar surface area (TPSA) is 12.0 Å². The fraction of sp³-hybridized carbons (Fsp3) is 0.231. The molecule has 2 aliphatic rings. The first kappa shape index (κ1) is 16.4. The van der Waals surface area contributed by atoms with Crippen molar-refractivity contribution in [1.29, 1.82) is 0 Å². The van der Waals surface area contributed by atoms with E-state index in [0.717, 1.165) is 6.42 Å². The molecular formula is C26H23NS. The van der Waals surface area contributed by atoms with Crippen molar-refractivity contribution in [3.8, 4) is 0 Å². The summed E-state index contributed by atoms with van der Waals surface area (Å²) >= 11 is 1.92. The monoisotopic (exact) mass is 381 g/mol. The lowest BCUT2D eigenvalue weighted by molar-refractivity contribution is 0.839. The first-order valence-corrected chi connectivity index (χ1v) is 11.0. The van der Waals surface area contributed by atoms with Crippen molar-refractivity contribution in [2.45, 2.75) is 39.2 Å². The molecule has 1 aromatic heterocycles. The Bertz CT molecular complexity index is 1310.